The highest BCUT2D eigenvalue weighted by Crippen LogP contribution is 2.39. The predicted molar refractivity (Wildman–Crippen MR) is 88.7 cm³/mol. The van der Waals surface area contributed by atoms with Crippen molar-refractivity contribution in [2.24, 2.45) is 7.05 Å². The topological polar surface area (TPSA) is 64.2 Å². The van der Waals surface area contributed by atoms with Crippen LogP contribution in [0.2, 0.25) is 5.02 Å². The summed E-state index contributed by atoms with van der Waals surface area (Å²) in [7, 11) is 1.87. The van der Waals surface area contributed by atoms with Gasteiger partial charge in [-0.15, -0.1) is 0 Å². The molecule has 1 unspecified atom stereocenters. The molecule has 2 heterocycles. The van der Waals surface area contributed by atoms with Crippen LogP contribution in [0.3, 0.4) is 0 Å². The SMILES string of the molecule is Cn1cc(C2CSCCN2c2ccc(Cl)cc2[N+](=O)[O-])cn1. The maximum atomic E-state index is 11.4. The number of nitrogens with zero attached hydrogens (tertiary/aromatic N) is 4. The Balaban J connectivity index is 2.02. The van der Waals surface area contributed by atoms with Gasteiger partial charge in [-0.25, -0.2) is 0 Å². The molecular weight excluding hydrogens is 324 g/mol. The molecule has 2 aromatic rings. The van der Waals surface area contributed by atoms with Crippen molar-refractivity contribution < 1.29 is 4.92 Å². The molecule has 0 N–H and O–H groups in total. The Morgan fingerprint density at radius 1 is 1.50 bits per heavy atom. The number of benzene rings is 1. The van der Waals surface area contributed by atoms with E-state index in [0.717, 1.165) is 23.6 Å². The number of nitro benzene ring substituents is 1. The Kier molecular flexibility index (Phi) is 4.26. The van der Waals surface area contributed by atoms with Gasteiger partial charge in [0.1, 0.15) is 5.69 Å². The smallest absolute Gasteiger partial charge is 0.294 e. The number of aromatic nitrogens is 2. The van der Waals surface area contributed by atoms with Gasteiger partial charge in [0.05, 0.1) is 17.2 Å². The molecule has 22 heavy (non-hydrogen) atoms. The second-order valence-corrected chi connectivity index (χ2v) is 6.71. The number of rotatable bonds is 3. The third-order valence-corrected chi connectivity index (χ3v) is 4.94. The van der Waals surface area contributed by atoms with Crippen LogP contribution in [0.15, 0.2) is 30.6 Å². The summed E-state index contributed by atoms with van der Waals surface area (Å²) in [6.45, 7) is 0.757. The van der Waals surface area contributed by atoms with Crippen LogP contribution in [-0.2, 0) is 7.05 Å². The summed E-state index contributed by atoms with van der Waals surface area (Å²) in [4.78, 5) is 13.1. The molecule has 0 aliphatic carbocycles. The summed E-state index contributed by atoms with van der Waals surface area (Å²) < 4.78 is 1.75. The fourth-order valence-corrected chi connectivity index (χ4v) is 3.92. The zero-order chi connectivity index (χ0) is 15.7. The number of hydrogen-bond acceptors (Lipinski definition) is 5. The molecule has 116 valence electrons. The third kappa shape index (κ3) is 2.91. The molecule has 1 aromatic heterocycles. The van der Waals surface area contributed by atoms with Crippen molar-refractivity contribution in [1.82, 2.24) is 9.78 Å². The number of halogens is 1. The maximum absolute atomic E-state index is 11.4. The van der Waals surface area contributed by atoms with E-state index < -0.39 is 0 Å². The van der Waals surface area contributed by atoms with Crippen LogP contribution in [0.4, 0.5) is 11.4 Å². The number of hydrogen-bond donors (Lipinski definition) is 0. The van der Waals surface area contributed by atoms with Crippen molar-refractivity contribution in [3.05, 3.63) is 51.3 Å². The van der Waals surface area contributed by atoms with Gasteiger partial charge < -0.3 is 4.90 Å². The highest BCUT2D eigenvalue weighted by Gasteiger charge is 2.30. The molecule has 8 heteroatoms. The lowest BCUT2D eigenvalue weighted by Gasteiger charge is -2.36. The van der Waals surface area contributed by atoms with Gasteiger partial charge >= 0.3 is 0 Å². The zero-order valence-electron chi connectivity index (χ0n) is 12.0. The van der Waals surface area contributed by atoms with Crippen molar-refractivity contribution in [1.29, 1.82) is 0 Å². The van der Waals surface area contributed by atoms with Crippen molar-refractivity contribution in [2.45, 2.75) is 6.04 Å². The minimum absolute atomic E-state index is 0.0493. The normalized spacial score (nSPS) is 18.5. The summed E-state index contributed by atoms with van der Waals surface area (Å²) in [5.74, 6) is 1.82. The van der Waals surface area contributed by atoms with Gasteiger partial charge in [-0.2, -0.15) is 16.9 Å². The monoisotopic (exact) mass is 338 g/mol. The molecule has 0 spiro atoms. The second kappa shape index (κ2) is 6.18. The van der Waals surface area contributed by atoms with Crippen LogP contribution in [0.25, 0.3) is 0 Å². The fraction of sp³-hybridized carbons (Fsp3) is 0.357. The van der Waals surface area contributed by atoms with Crippen molar-refractivity contribution >= 4 is 34.7 Å². The van der Waals surface area contributed by atoms with E-state index in [1.54, 1.807) is 16.8 Å². The highest BCUT2D eigenvalue weighted by molar-refractivity contribution is 7.99. The number of thioether (sulfide) groups is 1. The fourth-order valence-electron chi connectivity index (χ4n) is 2.67. The molecule has 1 aliphatic rings. The molecule has 6 nitrogen and oxygen atoms in total. The lowest BCUT2D eigenvalue weighted by Crippen LogP contribution is -2.36. The Labute approximate surface area is 137 Å². The van der Waals surface area contributed by atoms with Crippen LogP contribution in [0.1, 0.15) is 11.6 Å². The maximum Gasteiger partial charge on any atom is 0.294 e. The molecule has 3 rings (SSSR count). The van der Waals surface area contributed by atoms with Crippen molar-refractivity contribution in [3.63, 3.8) is 0 Å². The first-order chi connectivity index (χ1) is 10.6. The summed E-state index contributed by atoms with van der Waals surface area (Å²) in [6.07, 6.45) is 3.79. The Morgan fingerprint density at radius 2 is 2.32 bits per heavy atom. The van der Waals surface area contributed by atoms with Gasteiger partial charge in [-0.3, -0.25) is 14.8 Å². The van der Waals surface area contributed by atoms with Gasteiger partial charge in [-0.1, -0.05) is 11.6 Å². The van der Waals surface area contributed by atoms with Crippen LogP contribution < -0.4 is 4.90 Å². The molecule has 0 bridgehead atoms. The standard InChI is InChI=1S/C14H15ClN4O2S/c1-17-8-10(7-16-17)14-9-22-5-4-18(14)12-3-2-11(15)6-13(12)19(20)21/h2-3,6-8,14H,4-5,9H2,1H3. The van der Waals surface area contributed by atoms with Gasteiger partial charge in [0.2, 0.25) is 0 Å². The van der Waals surface area contributed by atoms with E-state index in [0.29, 0.717) is 10.7 Å². The molecule has 1 saturated heterocycles. The molecule has 1 atom stereocenters. The highest BCUT2D eigenvalue weighted by atomic mass is 35.5. The number of anilines is 1. The Bertz CT molecular complexity index is 706. The summed E-state index contributed by atoms with van der Waals surface area (Å²) in [5.41, 5.74) is 1.73. The van der Waals surface area contributed by atoms with Gasteiger partial charge in [0, 0.05) is 47.9 Å². The van der Waals surface area contributed by atoms with E-state index in [1.165, 1.54) is 6.07 Å². The van der Waals surface area contributed by atoms with E-state index >= 15 is 0 Å². The van der Waals surface area contributed by atoms with Crippen LogP contribution in [0, 0.1) is 10.1 Å². The summed E-state index contributed by atoms with van der Waals surface area (Å²) in [5, 5.41) is 16.0. The molecule has 1 aromatic carbocycles. The first-order valence-electron chi connectivity index (χ1n) is 6.83. The summed E-state index contributed by atoms with van der Waals surface area (Å²) in [6, 6.07) is 4.93. The minimum Gasteiger partial charge on any atom is -0.357 e. The quantitative estimate of drug-likeness (QED) is 0.634. The second-order valence-electron chi connectivity index (χ2n) is 5.12. The molecule has 0 saturated carbocycles. The Hall–Kier alpha value is -1.73. The largest absolute Gasteiger partial charge is 0.357 e. The van der Waals surface area contributed by atoms with E-state index in [4.69, 9.17) is 11.6 Å². The minimum atomic E-state index is -0.372. The van der Waals surface area contributed by atoms with Gasteiger partial charge in [-0.05, 0) is 12.1 Å². The van der Waals surface area contributed by atoms with E-state index in [-0.39, 0.29) is 16.7 Å². The van der Waals surface area contributed by atoms with Crippen molar-refractivity contribution in [2.75, 3.05) is 23.0 Å². The molecule has 1 aliphatic heterocycles. The Morgan fingerprint density at radius 3 is 3.00 bits per heavy atom. The van der Waals surface area contributed by atoms with Crippen LogP contribution in [0.5, 0.6) is 0 Å². The van der Waals surface area contributed by atoms with Crippen molar-refractivity contribution in [3.8, 4) is 0 Å². The van der Waals surface area contributed by atoms with E-state index in [9.17, 15) is 10.1 Å². The van der Waals surface area contributed by atoms with E-state index in [2.05, 4.69) is 10.00 Å². The first-order valence-corrected chi connectivity index (χ1v) is 8.36. The molecular formula is C14H15ClN4O2S. The molecule has 0 amide bonds. The first kappa shape index (κ1) is 15.2. The number of nitro groups is 1. The zero-order valence-corrected chi connectivity index (χ0v) is 13.5. The lowest BCUT2D eigenvalue weighted by molar-refractivity contribution is -0.384. The molecule has 1 fully saturated rings. The van der Waals surface area contributed by atoms with Gasteiger partial charge in [0.15, 0.2) is 0 Å². The third-order valence-electron chi connectivity index (χ3n) is 3.68. The summed E-state index contributed by atoms with van der Waals surface area (Å²) >= 11 is 7.76. The van der Waals surface area contributed by atoms with Crippen LogP contribution in [-0.4, -0.2) is 32.8 Å². The average molecular weight is 339 g/mol. The lowest BCUT2D eigenvalue weighted by atomic mass is 10.1. The van der Waals surface area contributed by atoms with Crippen LogP contribution >= 0.6 is 23.4 Å². The van der Waals surface area contributed by atoms with E-state index in [1.807, 2.05) is 31.2 Å². The number of aryl methyl sites for hydroxylation is 1. The average Bonchev–Trinajstić information content (AvgIpc) is 2.93. The molecule has 0 radical (unpaired) electrons. The predicted octanol–water partition coefficient (Wildman–Crippen LogP) is 3.28. The van der Waals surface area contributed by atoms with Gasteiger partial charge in [0.25, 0.3) is 5.69 Å².